The summed E-state index contributed by atoms with van der Waals surface area (Å²) in [6.07, 6.45) is 4.96. The predicted octanol–water partition coefficient (Wildman–Crippen LogP) is 2.04. The molecule has 0 aliphatic heterocycles. The van der Waals surface area contributed by atoms with Gasteiger partial charge in [0.15, 0.2) is 5.69 Å². The normalized spacial score (nSPS) is 24.9. The Bertz CT molecular complexity index is 967. The number of carbonyl (C=O) groups is 2. The van der Waals surface area contributed by atoms with Crippen molar-refractivity contribution in [3.05, 3.63) is 40.3 Å². The van der Waals surface area contributed by atoms with Crippen LogP contribution in [0.15, 0.2) is 29.1 Å². The molecule has 1 heterocycles. The Morgan fingerprint density at radius 1 is 1.26 bits per heavy atom. The van der Waals surface area contributed by atoms with Gasteiger partial charge in [0.05, 0.1) is 5.39 Å². The monoisotopic (exact) mass is 369 g/mol. The third-order valence-electron chi connectivity index (χ3n) is 6.19. The fraction of sp³-hybridized carbons (Fsp3) is 0.500. The van der Waals surface area contributed by atoms with Crippen LogP contribution in [0, 0.1) is 17.8 Å². The van der Waals surface area contributed by atoms with Crippen molar-refractivity contribution in [2.24, 2.45) is 17.8 Å². The van der Waals surface area contributed by atoms with E-state index in [1.165, 1.54) is 19.3 Å². The quantitative estimate of drug-likeness (QED) is 0.840. The number of hydrogen-bond donors (Lipinski definition) is 2. The van der Waals surface area contributed by atoms with Gasteiger partial charge in [-0.1, -0.05) is 24.6 Å². The fourth-order valence-electron chi connectivity index (χ4n) is 4.95. The zero-order chi connectivity index (χ0) is 19.1. The number of rotatable bonds is 5. The summed E-state index contributed by atoms with van der Waals surface area (Å²) in [5.74, 6) is 0.429. The first kappa shape index (κ1) is 17.7. The van der Waals surface area contributed by atoms with Crippen LogP contribution in [0.5, 0.6) is 0 Å². The second-order valence-corrected chi connectivity index (χ2v) is 7.86. The topological polar surface area (TPSA) is 101 Å². The Morgan fingerprint density at radius 2 is 2.00 bits per heavy atom. The van der Waals surface area contributed by atoms with Crippen molar-refractivity contribution in [3.8, 4) is 0 Å². The minimum Gasteiger partial charge on any atom is -0.476 e. The third kappa shape index (κ3) is 3.22. The highest BCUT2D eigenvalue weighted by atomic mass is 16.4. The molecule has 2 fully saturated rings. The Hall–Kier alpha value is -2.70. The van der Waals surface area contributed by atoms with Gasteiger partial charge in [0.25, 0.3) is 5.56 Å². The minimum atomic E-state index is -1.23. The lowest BCUT2D eigenvalue weighted by atomic mass is 9.84. The van der Waals surface area contributed by atoms with Crippen LogP contribution >= 0.6 is 0 Å². The van der Waals surface area contributed by atoms with Crippen LogP contribution < -0.4 is 10.9 Å². The number of carbonyl (C=O) groups excluding carboxylic acids is 1. The van der Waals surface area contributed by atoms with Crippen molar-refractivity contribution >= 4 is 22.6 Å². The molecule has 2 bridgehead atoms. The van der Waals surface area contributed by atoms with E-state index in [0.29, 0.717) is 11.8 Å². The zero-order valence-corrected chi connectivity index (χ0v) is 15.2. The number of amides is 1. The number of nitrogens with zero attached hydrogens (tertiary/aromatic N) is 2. The number of benzene rings is 1. The number of hydrogen-bond acceptors (Lipinski definition) is 4. The molecule has 0 spiro atoms. The molecule has 2 aliphatic rings. The van der Waals surface area contributed by atoms with Crippen molar-refractivity contribution in [2.75, 3.05) is 0 Å². The molecule has 4 rings (SSSR count). The van der Waals surface area contributed by atoms with Crippen molar-refractivity contribution < 1.29 is 14.7 Å². The van der Waals surface area contributed by atoms with Crippen molar-refractivity contribution in [3.63, 3.8) is 0 Å². The number of fused-ring (bicyclic) bond motifs is 3. The molecule has 2 saturated carbocycles. The lowest BCUT2D eigenvalue weighted by Crippen LogP contribution is -2.43. The highest BCUT2D eigenvalue weighted by Crippen LogP contribution is 2.49. The smallest absolute Gasteiger partial charge is 0.357 e. The first-order valence-electron chi connectivity index (χ1n) is 9.46. The van der Waals surface area contributed by atoms with Gasteiger partial charge in [-0.2, -0.15) is 5.10 Å². The maximum absolute atomic E-state index is 12.6. The molecule has 2 aromatic rings. The van der Waals surface area contributed by atoms with Gasteiger partial charge in [0.2, 0.25) is 5.91 Å². The van der Waals surface area contributed by atoms with Crippen LogP contribution in [-0.2, 0) is 11.3 Å². The summed E-state index contributed by atoms with van der Waals surface area (Å²) >= 11 is 0. The van der Waals surface area contributed by atoms with Crippen LogP contribution in [0.1, 0.15) is 43.1 Å². The molecular weight excluding hydrogens is 346 g/mol. The van der Waals surface area contributed by atoms with E-state index < -0.39 is 11.5 Å². The maximum Gasteiger partial charge on any atom is 0.357 e. The van der Waals surface area contributed by atoms with E-state index in [4.69, 9.17) is 0 Å². The largest absolute Gasteiger partial charge is 0.476 e. The molecule has 1 amide bonds. The van der Waals surface area contributed by atoms with Gasteiger partial charge < -0.3 is 10.4 Å². The van der Waals surface area contributed by atoms with Crippen molar-refractivity contribution in [2.45, 2.75) is 45.2 Å². The lowest BCUT2D eigenvalue weighted by Gasteiger charge is -2.28. The van der Waals surface area contributed by atoms with Crippen LogP contribution in [0.3, 0.4) is 0 Å². The Kier molecular flexibility index (Phi) is 4.45. The van der Waals surface area contributed by atoms with Gasteiger partial charge in [-0.05, 0) is 50.0 Å². The summed E-state index contributed by atoms with van der Waals surface area (Å²) in [6, 6.07) is 6.47. The van der Waals surface area contributed by atoms with E-state index in [-0.39, 0.29) is 35.0 Å². The average Bonchev–Trinajstić information content (AvgIpc) is 3.27. The number of aromatic carboxylic acids is 1. The summed E-state index contributed by atoms with van der Waals surface area (Å²) in [6.45, 7) is 1.73. The van der Waals surface area contributed by atoms with Crippen molar-refractivity contribution in [1.29, 1.82) is 0 Å². The molecule has 27 heavy (non-hydrogen) atoms. The van der Waals surface area contributed by atoms with Gasteiger partial charge in [0.1, 0.15) is 6.54 Å². The van der Waals surface area contributed by atoms with E-state index in [1.807, 2.05) is 6.92 Å². The highest BCUT2D eigenvalue weighted by Gasteiger charge is 2.42. The molecule has 4 atom stereocenters. The summed E-state index contributed by atoms with van der Waals surface area (Å²) in [5.41, 5.74) is -0.683. The second kappa shape index (κ2) is 6.79. The van der Waals surface area contributed by atoms with Crippen LogP contribution in [0.4, 0.5) is 0 Å². The molecule has 1 aromatic heterocycles. The standard InChI is InChI=1S/C20H23N3O4/c1-11(16-9-12-6-7-13(16)8-12)21-17(24)10-23-19(25)15-5-3-2-4-14(15)18(22-23)20(26)27/h2-5,11-13,16H,6-10H2,1H3,(H,21,24)(H,26,27). The lowest BCUT2D eigenvalue weighted by molar-refractivity contribution is -0.123. The van der Waals surface area contributed by atoms with Gasteiger partial charge in [-0.3, -0.25) is 9.59 Å². The molecule has 0 radical (unpaired) electrons. The van der Waals surface area contributed by atoms with E-state index in [9.17, 15) is 19.5 Å². The predicted molar refractivity (Wildman–Crippen MR) is 99.5 cm³/mol. The van der Waals surface area contributed by atoms with Gasteiger partial charge in [-0.25, -0.2) is 9.48 Å². The number of aromatic nitrogens is 2. The third-order valence-corrected chi connectivity index (χ3v) is 6.19. The summed E-state index contributed by atoms with van der Waals surface area (Å²) in [7, 11) is 0. The van der Waals surface area contributed by atoms with E-state index in [0.717, 1.165) is 17.0 Å². The molecule has 4 unspecified atom stereocenters. The maximum atomic E-state index is 12.6. The Morgan fingerprint density at radius 3 is 2.63 bits per heavy atom. The highest BCUT2D eigenvalue weighted by molar-refractivity contribution is 6.01. The second-order valence-electron chi connectivity index (χ2n) is 7.86. The average molecular weight is 369 g/mol. The SMILES string of the molecule is CC(NC(=O)Cn1nc(C(=O)O)c2ccccc2c1=O)C1CC2CCC1C2. The van der Waals surface area contributed by atoms with Crippen LogP contribution in [0.25, 0.3) is 10.8 Å². The molecule has 2 aliphatic carbocycles. The minimum absolute atomic E-state index is 0.0444. The Labute approximate surface area is 156 Å². The molecule has 7 heteroatoms. The van der Waals surface area contributed by atoms with Gasteiger partial charge >= 0.3 is 5.97 Å². The van der Waals surface area contributed by atoms with E-state index in [2.05, 4.69) is 10.4 Å². The number of carboxylic acid groups (broad SMARTS) is 1. The van der Waals surface area contributed by atoms with E-state index >= 15 is 0 Å². The van der Waals surface area contributed by atoms with Gasteiger partial charge in [0, 0.05) is 11.4 Å². The van der Waals surface area contributed by atoms with Crippen LogP contribution in [-0.4, -0.2) is 32.8 Å². The molecule has 1 aromatic carbocycles. The molecular formula is C20H23N3O4. The van der Waals surface area contributed by atoms with Crippen molar-refractivity contribution in [1.82, 2.24) is 15.1 Å². The Balaban J connectivity index is 1.54. The van der Waals surface area contributed by atoms with Crippen LogP contribution in [0.2, 0.25) is 0 Å². The molecule has 142 valence electrons. The number of carboxylic acids is 1. The fourth-order valence-corrected chi connectivity index (χ4v) is 4.95. The summed E-state index contributed by atoms with van der Waals surface area (Å²) in [4.78, 5) is 36.6. The number of nitrogens with one attached hydrogen (secondary N) is 1. The summed E-state index contributed by atoms with van der Waals surface area (Å²) < 4.78 is 0.953. The molecule has 0 saturated heterocycles. The van der Waals surface area contributed by atoms with E-state index in [1.54, 1.807) is 24.3 Å². The first-order chi connectivity index (χ1) is 12.9. The van der Waals surface area contributed by atoms with Gasteiger partial charge in [-0.15, -0.1) is 0 Å². The first-order valence-corrected chi connectivity index (χ1v) is 9.46. The zero-order valence-electron chi connectivity index (χ0n) is 15.2. The summed E-state index contributed by atoms with van der Waals surface area (Å²) in [5, 5.41) is 16.9. The molecule has 2 N–H and O–H groups in total. The molecule has 7 nitrogen and oxygen atoms in total.